The van der Waals surface area contributed by atoms with Crippen LogP contribution in [0.4, 0.5) is 10.5 Å². The van der Waals surface area contributed by atoms with Gasteiger partial charge in [-0.15, -0.1) is 0 Å². The number of amides is 2. The molecule has 1 aromatic rings. The first-order chi connectivity index (χ1) is 6.72. The number of nitrogens with one attached hydrogen (secondary N) is 2. The first-order valence-corrected chi connectivity index (χ1v) is 4.85. The molecule has 0 heterocycles. The third-order valence-corrected chi connectivity index (χ3v) is 2.02. The van der Waals surface area contributed by atoms with Crippen molar-refractivity contribution in [2.45, 2.75) is 26.3 Å². The van der Waals surface area contributed by atoms with Crippen molar-refractivity contribution >= 4 is 11.7 Å². The summed E-state index contributed by atoms with van der Waals surface area (Å²) in [5.74, 6) is 0. The van der Waals surface area contributed by atoms with Gasteiger partial charge in [0.25, 0.3) is 0 Å². The van der Waals surface area contributed by atoms with Crippen molar-refractivity contribution in [3.05, 3.63) is 30.3 Å². The fourth-order valence-corrected chi connectivity index (χ4v) is 1.01. The number of carbonyl (C=O) groups excluding carboxylic acids is 1. The fraction of sp³-hybridized carbons (Fsp3) is 0.364. The minimum absolute atomic E-state index is 0.148. The smallest absolute Gasteiger partial charge is 0.319 e. The average molecular weight is 192 g/mol. The van der Waals surface area contributed by atoms with E-state index in [9.17, 15) is 4.79 Å². The van der Waals surface area contributed by atoms with Gasteiger partial charge in [0.05, 0.1) is 0 Å². The van der Waals surface area contributed by atoms with Crippen LogP contribution in [0.5, 0.6) is 0 Å². The topological polar surface area (TPSA) is 41.1 Å². The lowest BCUT2D eigenvalue weighted by molar-refractivity contribution is 0.249. The molecule has 0 spiro atoms. The number of para-hydroxylation sites is 1. The number of urea groups is 1. The molecule has 0 aliphatic rings. The maximum atomic E-state index is 11.4. The molecule has 3 heteroatoms. The van der Waals surface area contributed by atoms with Crippen molar-refractivity contribution < 1.29 is 4.79 Å². The number of benzene rings is 1. The Morgan fingerprint density at radius 3 is 2.57 bits per heavy atom. The minimum Gasteiger partial charge on any atom is -0.335 e. The molecule has 2 amide bonds. The molecule has 0 bridgehead atoms. The first kappa shape index (κ1) is 10.6. The molecule has 0 saturated carbocycles. The highest BCUT2D eigenvalue weighted by atomic mass is 16.2. The van der Waals surface area contributed by atoms with Crippen LogP contribution in [0.3, 0.4) is 0 Å². The minimum atomic E-state index is -0.148. The average Bonchev–Trinajstić information content (AvgIpc) is 2.19. The van der Waals surface area contributed by atoms with E-state index in [2.05, 4.69) is 10.6 Å². The van der Waals surface area contributed by atoms with Gasteiger partial charge in [-0.2, -0.15) is 0 Å². The Labute approximate surface area is 84.5 Å². The van der Waals surface area contributed by atoms with Gasteiger partial charge >= 0.3 is 6.03 Å². The Morgan fingerprint density at radius 2 is 2.00 bits per heavy atom. The number of hydrogen-bond acceptors (Lipinski definition) is 1. The molecule has 0 radical (unpaired) electrons. The maximum absolute atomic E-state index is 11.4. The molecular weight excluding hydrogens is 176 g/mol. The van der Waals surface area contributed by atoms with Crippen LogP contribution in [0.1, 0.15) is 20.3 Å². The second kappa shape index (κ2) is 5.27. The fourth-order valence-electron chi connectivity index (χ4n) is 1.01. The molecule has 0 fully saturated rings. The van der Waals surface area contributed by atoms with Gasteiger partial charge in [0.1, 0.15) is 0 Å². The summed E-state index contributed by atoms with van der Waals surface area (Å²) < 4.78 is 0. The Bertz CT molecular complexity index is 285. The molecule has 14 heavy (non-hydrogen) atoms. The van der Waals surface area contributed by atoms with E-state index in [1.807, 2.05) is 44.2 Å². The summed E-state index contributed by atoms with van der Waals surface area (Å²) in [6.45, 7) is 4.01. The molecule has 2 N–H and O–H groups in total. The molecule has 1 rings (SSSR count). The van der Waals surface area contributed by atoms with Gasteiger partial charge in [-0.1, -0.05) is 25.1 Å². The largest absolute Gasteiger partial charge is 0.335 e. The second-order valence-electron chi connectivity index (χ2n) is 3.27. The Kier molecular flexibility index (Phi) is 3.98. The highest BCUT2D eigenvalue weighted by Gasteiger charge is 2.04. The van der Waals surface area contributed by atoms with Crippen molar-refractivity contribution in [2.75, 3.05) is 5.32 Å². The van der Waals surface area contributed by atoms with Gasteiger partial charge in [-0.25, -0.2) is 4.79 Å². The Morgan fingerprint density at radius 1 is 1.36 bits per heavy atom. The predicted octanol–water partition coefficient (Wildman–Crippen LogP) is 2.61. The molecule has 1 aromatic carbocycles. The van der Waals surface area contributed by atoms with Crippen LogP contribution in [0, 0.1) is 0 Å². The molecule has 0 saturated heterocycles. The van der Waals surface area contributed by atoms with E-state index in [4.69, 9.17) is 0 Å². The summed E-state index contributed by atoms with van der Waals surface area (Å²) >= 11 is 0. The zero-order chi connectivity index (χ0) is 10.4. The monoisotopic (exact) mass is 192 g/mol. The van der Waals surface area contributed by atoms with Crippen molar-refractivity contribution in [1.82, 2.24) is 5.32 Å². The van der Waals surface area contributed by atoms with Crippen molar-refractivity contribution in [3.8, 4) is 0 Å². The van der Waals surface area contributed by atoms with Crippen LogP contribution >= 0.6 is 0 Å². The van der Waals surface area contributed by atoms with E-state index < -0.39 is 0 Å². The van der Waals surface area contributed by atoms with Crippen LogP contribution in [-0.2, 0) is 0 Å². The molecule has 0 aromatic heterocycles. The summed E-state index contributed by atoms with van der Waals surface area (Å²) in [4.78, 5) is 11.4. The second-order valence-corrected chi connectivity index (χ2v) is 3.27. The van der Waals surface area contributed by atoms with E-state index >= 15 is 0 Å². The van der Waals surface area contributed by atoms with E-state index in [1.54, 1.807) is 0 Å². The molecule has 3 nitrogen and oxygen atoms in total. The lowest BCUT2D eigenvalue weighted by atomic mass is 10.3. The Balaban J connectivity index is 2.42. The Hall–Kier alpha value is -1.51. The molecule has 1 unspecified atom stereocenters. The number of anilines is 1. The lowest BCUT2D eigenvalue weighted by Gasteiger charge is -2.12. The SMILES string of the molecule is CCC(C)NC(=O)Nc1ccccc1. The van der Waals surface area contributed by atoms with Gasteiger partial charge in [0.2, 0.25) is 0 Å². The highest BCUT2D eigenvalue weighted by molar-refractivity contribution is 5.89. The van der Waals surface area contributed by atoms with Gasteiger partial charge < -0.3 is 10.6 Å². The number of hydrogen-bond donors (Lipinski definition) is 2. The normalized spacial score (nSPS) is 11.9. The predicted molar refractivity (Wildman–Crippen MR) is 58.3 cm³/mol. The lowest BCUT2D eigenvalue weighted by Crippen LogP contribution is -2.35. The van der Waals surface area contributed by atoms with Gasteiger partial charge in [-0.05, 0) is 25.5 Å². The summed E-state index contributed by atoms with van der Waals surface area (Å²) in [7, 11) is 0. The zero-order valence-corrected chi connectivity index (χ0v) is 8.58. The number of carbonyl (C=O) groups is 1. The first-order valence-electron chi connectivity index (χ1n) is 4.85. The van der Waals surface area contributed by atoms with Crippen LogP contribution in [0.15, 0.2) is 30.3 Å². The van der Waals surface area contributed by atoms with Crippen molar-refractivity contribution in [2.24, 2.45) is 0 Å². The van der Waals surface area contributed by atoms with Crippen LogP contribution in [-0.4, -0.2) is 12.1 Å². The molecule has 76 valence electrons. The van der Waals surface area contributed by atoms with E-state index in [1.165, 1.54) is 0 Å². The van der Waals surface area contributed by atoms with Gasteiger partial charge in [0.15, 0.2) is 0 Å². The molecule has 0 aliphatic carbocycles. The van der Waals surface area contributed by atoms with E-state index in [-0.39, 0.29) is 12.1 Å². The van der Waals surface area contributed by atoms with Crippen molar-refractivity contribution in [3.63, 3.8) is 0 Å². The van der Waals surface area contributed by atoms with Gasteiger partial charge in [-0.3, -0.25) is 0 Å². The molecule has 0 aliphatic heterocycles. The summed E-state index contributed by atoms with van der Waals surface area (Å²) in [6, 6.07) is 9.46. The standard InChI is InChI=1S/C11H16N2O/c1-3-9(2)12-11(14)13-10-7-5-4-6-8-10/h4-9H,3H2,1-2H3,(H2,12,13,14). The third-order valence-electron chi connectivity index (χ3n) is 2.02. The van der Waals surface area contributed by atoms with Crippen LogP contribution in [0.25, 0.3) is 0 Å². The number of rotatable bonds is 3. The quantitative estimate of drug-likeness (QED) is 0.759. The molecular formula is C11H16N2O. The van der Waals surface area contributed by atoms with Gasteiger partial charge in [0, 0.05) is 11.7 Å². The van der Waals surface area contributed by atoms with Crippen LogP contribution < -0.4 is 10.6 Å². The summed E-state index contributed by atoms with van der Waals surface area (Å²) in [6.07, 6.45) is 0.933. The van der Waals surface area contributed by atoms with Crippen molar-refractivity contribution in [1.29, 1.82) is 0 Å². The zero-order valence-electron chi connectivity index (χ0n) is 8.58. The summed E-state index contributed by atoms with van der Waals surface area (Å²) in [5, 5.41) is 5.59. The van der Waals surface area contributed by atoms with Crippen LogP contribution in [0.2, 0.25) is 0 Å². The maximum Gasteiger partial charge on any atom is 0.319 e. The third kappa shape index (κ3) is 3.47. The van der Waals surface area contributed by atoms with E-state index in [0.29, 0.717) is 0 Å². The van der Waals surface area contributed by atoms with E-state index in [0.717, 1.165) is 12.1 Å². The molecule has 1 atom stereocenters. The summed E-state index contributed by atoms with van der Waals surface area (Å²) in [5.41, 5.74) is 0.813. The highest BCUT2D eigenvalue weighted by Crippen LogP contribution is 2.04.